The molecule has 0 saturated carbocycles. The zero-order valence-corrected chi connectivity index (χ0v) is 11.9. The van der Waals surface area contributed by atoms with Crippen molar-refractivity contribution in [2.24, 2.45) is 0 Å². The lowest BCUT2D eigenvalue weighted by Gasteiger charge is -2.05. The van der Waals surface area contributed by atoms with E-state index in [1.165, 1.54) is 12.1 Å². The minimum atomic E-state index is -0.230. The highest BCUT2D eigenvalue weighted by molar-refractivity contribution is 5.89. The van der Waals surface area contributed by atoms with E-state index in [2.05, 4.69) is 15.8 Å². The van der Waals surface area contributed by atoms with Gasteiger partial charge in [-0.25, -0.2) is 4.39 Å². The summed E-state index contributed by atoms with van der Waals surface area (Å²) in [6.45, 7) is 3.07. The molecule has 0 radical (unpaired) electrons. The maximum atomic E-state index is 12.7. The normalized spacial score (nSPS) is 10.6. The summed E-state index contributed by atoms with van der Waals surface area (Å²) in [6, 6.07) is 8.08. The molecule has 2 N–H and O–H groups in total. The van der Waals surface area contributed by atoms with Crippen LogP contribution in [-0.4, -0.2) is 24.2 Å². The first-order valence-electron chi connectivity index (χ1n) is 6.82. The average Bonchev–Trinajstić information content (AvgIpc) is 2.86. The Labute approximate surface area is 122 Å². The Balaban J connectivity index is 1.59. The molecule has 1 aromatic carbocycles. The first-order valence-corrected chi connectivity index (χ1v) is 6.82. The Kier molecular flexibility index (Phi) is 5.45. The maximum Gasteiger partial charge on any atom is 0.226 e. The highest BCUT2D eigenvalue weighted by Crippen LogP contribution is 2.07. The van der Waals surface area contributed by atoms with E-state index in [0.29, 0.717) is 24.5 Å². The zero-order valence-electron chi connectivity index (χ0n) is 11.9. The lowest BCUT2D eigenvalue weighted by atomic mass is 10.1. The van der Waals surface area contributed by atoms with Crippen LogP contribution in [0.4, 0.5) is 10.2 Å². The number of nitrogens with zero attached hydrogens (tertiary/aromatic N) is 1. The van der Waals surface area contributed by atoms with Gasteiger partial charge < -0.3 is 15.2 Å². The molecule has 21 heavy (non-hydrogen) atoms. The highest BCUT2D eigenvalue weighted by Gasteiger charge is 2.05. The number of amides is 1. The summed E-state index contributed by atoms with van der Waals surface area (Å²) >= 11 is 0. The van der Waals surface area contributed by atoms with E-state index in [-0.39, 0.29) is 11.7 Å². The molecule has 0 spiro atoms. The molecule has 0 aliphatic carbocycles. The summed E-state index contributed by atoms with van der Waals surface area (Å²) in [4.78, 5) is 11.6. The van der Waals surface area contributed by atoms with E-state index in [9.17, 15) is 9.18 Å². The number of halogens is 1. The lowest BCUT2D eigenvalue weighted by molar-refractivity contribution is -0.116. The summed E-state index contributed by atoms with van der Waals surface area (Å²) in [5.41, 5.74) is 1.06. The Morgan fingerprint density at radius 1 is 1.29 bits per heavy atom. The number of nitrogens with one attached hydrogen (secondary N) is 2. The largest absolute Gasteiger partial charge is 0.360 e. The van der Waals surface area contributed by atoms with Crippen LogP contribution in [0.2, 0.25) is 0 Å². The van der Waals surface area contributed by atoms with Gasteiger partial charge in [0.15, 0.2) is 5.82 Å². The van der Waals surface area contributed by atoms with Crippen LogP contribution in [0.15, 0.2) is 34.9 Å². The molecule has 0 fully saturated rings. The Morgan fingerprint density at radius 2 is 2.05 bits per heavy atom. The number of hydrogen-bond donors (Lipinski definition) is 2. The standard InChI is InChI=1S/C15H18FN3O2/c1-11-10-14(19-21-11)18-15(20)7-9-17-8-6-12-2-4-13(16)5-3-12/h2-5,10,17H,6-9H2,1H3,(H,18,19,20). The second-order valence-corrected chi connectivity index (χ2v) is 4.75. The van der Waals surface area contributed by atoms with Crippen molar-refractivity contribution < 1.29 is 13.7 Å². The predicted molar refractivity (Wildman–Crippen MR) is 77.5 cm³/mol. The molecule has 0 aliphatic heterocycles. The third kappa shape index (κ3) is 5.35. The number of aryl methyl sites for hydroxylation is 1. The summed E-state index contributed by atoms with van der Waals surface area (Å²) < 4.78 is 17.6. The summed E-state index contributed by atoms with van der Waals surface area (Å²) in [5, 5.41) is 9.51. The van der Waals surface area contributed by atoms with Crippen LogP contribution < -0.4 is 10.6 Å². The van der Waals surface area contributed by atoms with Gasteiger partial charge in [0.05, 0.1) is 0 Å². The van der Waals surface area contributed by atoms with Crippen molar-refractivity contribution in [2.75, 3.05) is 18.4 Å². The summed E-state index contributed by atoms with van der Waals surface area (Å²) in [7, 11) is 0. The summed E-state index contributed by atoms with van der Waals surface area (Å²) in [5.74, 6) is 0.746. The minimum Gasteiger partial charge on any atom is -0.360 e. The number of benzene rings is 1. The van der Waals surface area contributed by atoms with Crippen LogP contribution in [0.5, 0.6) is 0 Å². The molecule has 1 amide bonds. The van der Waals surface area contributed by atoms with Gasteiger partial charge in [-0.1, -0.05) is 17.3 Å². The van der Waals surface area contributed by atoms with E-state index in [1.54, 1.807) is 25.1 Å². The minimum absolute atomic E-state index is 0.113. The predicted octanol–water partition coefficient (Wildman–Crippen LogP) is 2.28. The summed E-state index contributed by atoms with van der Waals surface area (Å²) in [6.07, 6.45) is 1.15. The number of rotatable bonds is 7. The Bertz CT molecular complexity index is 581. The van der Waals surface area contributed by atoms with Gasteiger partial charge in [0.25, 0.3) is 0 Å². The van der Waals surface area contributed by atoms with Crippen molar-refractivity contribution in [1.29, 1.82) is 0 Å². The molecule has 112 valence electrons. The number of carbonyl (C=O) groups is 1. The second-order valence-electron chi connectivity index (χ2n) is 4.75. The van der Waals surface area contributed by atoms with E-state index in [1.807, 2.05) is 0 Å². The lowest BCUT2D eigenvalue weighted by Crippen LogP contribution is -2.23. The molecule has 1 aromatic heterocycles. The molecule has 0 bridgehead atoms. The van der Waals surface area contributed by atoms with E-state index in [4.69, 9.17) is 4.52 Å². The molecule has 2 rings (SSSR count). The van der Waals surface area contributed by atoms with Gasteiger partial charge in [0.1, 0.15) is 11.6 Å². The first kappa shape index (κ1) is 15.2. The van der Waals surface area contributed by atoms with Crippen LogP contribution in [0, 0.1) is 12.7 Å². The highest BCUT2D eigenvalue weighted by atomic mass is 19.1. The molecule has 0 aliphatic rings. The molecule has 0 saturated heterocycles. The molecule has 2 aromatic rings. The van der Waals surface area contributed by atoms with Crippen LogP contribution in [0.1, 0.15) is 17.7 Å². The quantitative estimate of drug-likeness (QED) is 0.768. The van der Waals surface area contributed by atoms with Crippen LogP contribution in [-0.2, 0) is 11.2 Å². The maximum absolute atomic E-state index is 12.7. The van der Waals surface area contributed by atoms with E-state index < -0.39 is 0 Å². The van der Waals surface area contributed by atoms with Gasteiger partial charge in [-0.2, -0.15) is 0 Å². The van der Waals surface area contributed by atoms with E-state index in [0.717, 1.165) is 18.5 Å². The number of aromatic nitrogens is 1. The van der Waals surface area contributed by atoms with Crippen molar-refractivity contribution >= 4 is 11.7 Å². The number of hydrogen-bond acceptors (Lipinski definition) is 4. The Hall–Kier alpha value is -2.21. The van der Waals surface area contributed by atoms with Gasteiger partial charge in [-0.3, -0.25) is 4.79 Å². The van der Waals surface area contributed by atoms with Crippen molar-refractivity contribution in [2.45, 2.75) is 19.8 Å². The Morgan fingerprint density at radius 3 is 2.71 bits per heavy atom. The molecule has 1 heterocycles. The zero-order chi connectivity index (χ0) is 15.1. The molecule has 5 nitrogen and oxygen atoms in total. The third-order valence-electron chi connectivity index (χ3n) is 2.93. The first-order chi connectivity index (χ1) is 10.1. The SMILES string of the molecule is Cc1cc(NC(=O)CCNCCc2ccc(F)cc2)no1. The molecular formula is C15H18FN3O2. The molecule has 0 unspecified atom stereocenters. The third-order valence-corrected chi connectivity index (χ3v) is 2.93. The van der Waals surface area contributed by atoms with Gasteiger partial charge in [-0.05, 0) is 37.6 Å². The van der Waals surface area contributed by atoms with Crippen molar-refractivity contribution in [3.8, 4) is 0 Å². The van der Waals surface area contributed by atoms with Crippen LogP contribution in [0.25, 0.3) is 0 Å². The number of carbonyl (C=O) groups excluding carboxylic acids is 1. The van der Waals surface area contributed by atoms with Crippen molar-refractivity contribution in [3.63, 3.8) is 0 Å². The smallest absolute Gasteiger partial charge is 0.226 e. The van der Waals surface area contributed by atoms with Crippen LogP contribution in [0.3, 0.4) is 0 Å². The van der Waals surface area contributed by atoms with Crippen LogP contribution >= 0.6 is 0 Å². The molecular weight excluding hydrogens is 273 g/mol. The van der Waals surface area contributed by atoms with Gasteiger partial charge in [0.2, 0.25) is 5.91 Å². The second kappa shape index (κ2) is 7.54. The van der Waals surface area contributed by atoms with Gasteiger partial charge >= 0.3 is 0 Å². The molecule has 0 atom stereocenters. The average molecular weight is 291 g/mol. The monoisotopic (exact) mass is 291 g/mol. The van der Waals surface area contributed by atoms with Crippen molar-refractivity contribution in [1.82, 2.24) is 10.5 Å². The fourth-order valence-electron chi connectivity index (χ4n) is 1.84. The van der Waals surface area contributed by atoms with Crippen molar-refractivity contribution in [3.05, 3.63) is 47.5 Å². The van der Waals surface area contributed by atoms with Gasteiger partial charge in [-0.15, -0.1) is 0 Å². The molecule has 6 heteroatoms. The topological polar surface area (TPSA) is 67.2 Å². The fraction of sp³-hybridized carbons (Fsp3) is 0.333. The number of anilines is 1. The van der Waals surface area contributed by atoms with E-state index >= 15 is 0 Å². The fourth-order valence-corrected chi connectivity index (χ4v) is 1.84. The van der Waals surface area contributed by atoms with Gasteiger partial charge in [0, 0.05) is 19.0 Å².